The molecule has 1 aromatic carbocycles. The fourth-order valence-electron chi connectivity index (χ4n) is 3.10. The number of hydrogen-bond donors (Lipinski definition) is 1. The smallest absolute Gasteiger partial charge is 0.234 e. The topological polar surface area (TPSA) is 58.6 Å². The second-order valence-corrected chi connectivity index (χ2v) is 6.59. The van der Waals surface area contributed by atoms with Crippen LogP contribution in [0.4, 0.5) is 0 Å². The molecule has 0 bridgehead atoms. The Morgan fingerprint density at radius 1 is 1.38 bits per heavy atom. The van der Waals surface area contributed by atoms with Crippen LogP contribution in [-0.4, -0.2) is 48.9 Å². The Morgan fingerprint density at radius 3 is 2.88 bits per heavy atom. The summed E-state index contributed by atoms with van der Waals surface area (Å²) >= 11 is 0. The predicted molar refractivity (Wildman–Crippen MR) is 94.4 cm³/mol. The van der Waals surface area contributed by atoms with E-state index in [-0.39, 0.29) is 23.7 Å². The summed E-state index contributed by atoms with van der Waals surface area (Å²) in [6.45, 7) is 8.37. The fourth-order valence-corrected chi connectivity index (χ4v) is 3.10. The van der Waals surface area contributed by atoms with E-state index in [9.17, 15) is 9.59 Å². The van der Waals surface area contributed by atoms with E-state index in [1.165, 1.54) is 0 Å². The number of hydrogen-bond acceptors (Lipinski definition) is 4. The lowest BCUT2D eigenvalue weighted by molar-refractivity contribution is -0.122. The number of nitrogens with one attached hydrogen (secondary N) is 1. The number of piperidine rings is 1. The number of carbonyl (C=O) groups is 2. The molecule has 1 aliphatic rings. The first kappa shape index (κ1) is 18.5. The van der Waals surface area contributed by atoms with Crippen molar-refractivity contribution in [2.75, 3.05) is 26.2 Å². The van der Waals surface area contributed by atoms with Gasteiger partial charge >= 0.3 is 0 Å². The molecule has 1 saturated heterocycles. The van der Waals surface area contributed by atoms with Crippen LogP contribution in [0.3, 0.4) is 0 Å². The van der Waals surface area contributed by atoms with Crippen molar-refractivity contribution in [2.24, 2.45) is 5.92 Å². The maximum Gasteiger partial charge on any atom is 0.234 e. The Balaban J connectivity index is 1.99. The number of likely N-dealkylation sites (tertiary alicyclic amines) is 1. The molecular formula is C19H28N2O3. The molecular weight excluding hydrogens is 304 g/mol. The number of likely N-dealkylation sites (N-methyl/N-ethyl adjacent to an activating group) is 1. The van der Waals surface area contributed by atoms with Gasteiger partial charge in [0.1, 0.15) is 5.75 Å². The molecule has 1 aromatic rings. The van der Waals surface area contributed by atoms with Gasteiger partial charge in [0.2, 0.25) is 5.91 Å². The maximum absolute atomic E-state index is 12.8. The lowest BCUT2D eigenvalue weighted by atomic mass is 9.90. The van der Waals surface area contributed by atoms with Crippen LogP contribution in [-0.2, 0) is 4.79 Å². The van der Waals surface area contributed by atoms with Crippen molar-refractivity contribution in [3.05, 3.63) is 29.8 Å². The predicted octanol–water partition coefficient (Wildman–Crippen LogP) is 2.50. The number of rotatable bonds is 7. The lowest BCUT2D eigenvalue weighted by Crippen LogP contribution is -2.44. The van der Waals surface area contributed by atoms with Crippen molar-refractivity contribution in [2.45, 2.75) is 39.7 Å². The van der Waals surface area contributed by atoms with Crippen LogP contribution in [0.15, 0.2) is 24.3 Å². The molecule has 0 spiro atoms. The molecule has 1 heterocycles. The lowest BCUT2D eigenvalue weighted by Gasteiger charge is -2.31. The van der Waals surface area contributed by atoms with Crippen molar-refractivity contribution in [1.82, 2.24) is 10.2 Å². The first-order valence-corrected chi connectivity index (χ1v) is 8.79. The Labute approximate surface area is 144 Å². The summed E-state index contributed by atoms with van der Waals surface area (Å²) in [6.07, 6.45) is 1.90. The minimum absolute atomic E-state index is 0.0259. The number of nitrogens with zero attached hydrogens (tertiary/aromatic N) is 1. The standard InChI is InChI=1S/C19H28N2O3/c1-4-20-18(22)13-21-10-6-8-16(12-21)19(23)15-7-5-9-17(11-15)24-14(2)3/h5,7,9,11,14,16H,4,6,8,10,12-13H2,1-3H3,(H,20,22). The van der Waals surface area contributed by atoms with E-state index >= 15 is 0 Å². The highest BCUT2D eigenvalue weighted by atomic mass is 16.5. The highest BCUT2D eigenvalue weighted by molar-refractivity contribution is 5.98. The average molecular weight is 332 g/mol. The van der Waals surface area contributed by atoms with Gasteiger partial charge in [0.25, 0.3) is 0 Å². The number of Topliss-reactive ketones (excluding diaryl/α,β-unsaturated/α-hetero) is 1. The number of ether oxygens (including phenoxy) is 1. The van der Waals surface area contributed by atoms with Gasteiger partial charge in [-0.15, -0.1) is 0 Å². The Hall–Kier alpha value is -1.88. The summed E-state index contributed by atoms with van der Waals surface area (Å²) in [6, 6.07) is 7.41. The average Bonchev–Trinajstić information content (AvgIpc) is 2.54. The normalized spacial score (nSPS) is 18.4. The molecule has 132 valence electrons. The third-order valence-electron chi connectivity index (χ3n) is 4.11. The van der Waals surface area contributed by atoms with E-state index < -0.39 is 0 Å². The first-order valence-electron chi connectivity index (χ1n) is 8.79. The Bertz CT molecular complexity index is 571. The molecule has 1 unspecified atom stereocenters. The van der Waals surface area contributed by atoms with Gasteiger partial charge in [-0.25, -0.2) is 0 Å². The molecule has 24 heavy (non-hydrogen) atoms. The zero-order valence-corrected chi connectivity index (χ0v) is 14.9. The quantitative estimate of drug-likeness (QED) is 0.780. The van der Waals surface area contributed by atoms with E-state index in [0.29, 0.717) is 25.2 Å². The van der Waals surface area contributed by atoms with Gasteiger partial charge in [-0.3, -0.25) is 14.5 Å². The summed E-state index contributed by atoms with van der Waals surface area (Å²) in [5.74, 6) is 0.844. The van der Waals surface area contributed by atoms with Crippen LogP contribution in [0.2, 0.25) is 0 Å². The molecule has 2 rings (SSSR count). The zero-order valence-electron chi connectivity index (χ0n) is 14.9. The number of ketones is 1. The van der Waals surface area contributed by atoms with Crippen LogP contribution in [0.5, 0.6) is 5.75 Å². The first-order chi connectivity index (χ1) is 11.5. The molecule has 0 aromatic heterocycles. The minimum atomic E-state index is -0.0533. The van der Waals surface area contributed by atoms with Crippen molar-refractivity contribution in [3.63, 3.8) is 0 Å². The number of amides is 1. The fraction of sp³-hybridized carbons (Fsp3) is 0.579. The van der Waals surface area contributed by atoms with E-state index in [2.05, 4.69) is 10.2 Å². The minimum Gasteiger partial charge on any atom is -0.491 e. The van der Waals surface area contributed by atoms with Crippen LogP contribution in [0.25, 0.3) is 0 Å². The van der Waals surface area contributed by atoms with Crippen LogP contribution in [0.1, 0.15) is 44.0 Å². The third kappa shape index (κ3) is 5.34. The molecule has 1 aliphatic heterocycles. The monoisotopic (exact) mass is 332 g/mol. The highest BCUT2D eigenvalue weighted by Crippen LogP contribution is 2.23. The van der Waals surface area contributed by atoms with E-state index in [1.807, 2.05) is 45.0 Å². The van der Waals surface area contributed by atoms with E-state index in [1.54, 1.807) is 0 Å². The van der Waals surface area contributed by atoms with Gasteiger partial charge < -0.3 is 10.1 Å². The van der Waals surface area contributed by atoms with Gasteiger partial charge in [-0.2, -0.15) is 0 Å². The summed E-state index contributed by atoms with van der Waals surface area (Å²) in [7, 11) is 0. The molecule has 5 nitrogen and oxygen atoms in total. The van der Waals surface area contributed by atoms with Gasteiger partial charge in [0.05, 0.1) is 12.6 Å². The summed E-state index contributed by atoms with van der Waals surface area (Å²) in [5, 5.41) is 2.81. The molecule has 0 aliphatic carbocycles. The van der Waals surface area contributed by atoms with Crippen LogP contribution in [0, 0.1) is 5.92 Å². The highest BCUT2D eigenvalue weighted by Gasteiger charge is 2.27. The largest absolute Gasteiger partial charge is 0.491 e. The summed E-state index contributed by atoms with van der Waals surface area (Å²) < 4.78 is 5.68. The third-order valence-corrected chi connectivity index (χ3v) is 4.11. The molecule has 1 amide bonds. The SMILES string of the molecule is CCNC(=O)CN1CCCC(C(=O)c2cccc(OC(C)C)c2)C1. The van der Waals surface area contributed by atoms with Crippen LogP contribution < -0.4 is 10.1 Å². The molecule has 0 radical (unpaired) electrons. The van der Waals surface area contributed by atoms with Crippen LogP contribution >= 0.6 is 0 Å². The van der Waals surface area contributed by atoms with Gasteiger partial charge in [0, 0.05) is 24.6 Å². The number of benzene rings is 1. The molecule has 1 fully saturated rings. The van der Waals surface area contributed by atoms with Gasteiger partial charge in [-0.1, -0.05) is 12.1 Å². The van der Waals surface area contributed by atoms with Crippen molar-refractivity contribution in [3.8, 4) is 5.75 Å². The molecule has 5 heteroatoms. The second kappa shape index (κ2) is 8.83. The van der Waals surface area contributed by atoms with Gasteiger partial charge in [-0.05, 0) is 52.3 Å². The zero-order chi connectivity index (χ0) is 17.5. The van der Waals surface area contributed by atoms with E-state index in [4.69, 9.17) is 4.74 Å². The molecule has 0 saturated carbocycles. The molecule has 1 N–H and O–H groups in total. The van der Waals surface area contributed by atoms with Crippen molar-refractivity contribution in [1.29, 1.82) is 0 Å². The summed E-state index contributed by atoms with van der Waals surface area (Å²) in [5.41, 5.74) is 0.693. The van der Waals surface area contributed by atoms with Gasteiger partial charge in [0.15, 0.2) is 5.78 Å². The molecule has 1 atom stereocenters. The number of carbonyl (C=O) groups excluding carboxylic acids is 2. The van der Waals surface area contributed by atoms with Crippen molar-refractivity contribution >= 4 is 11.7 Å². The van der Waals surface area contributed by atoms with Crippen molar-refractivity contribution < 1.29 is 14.3 Å². The maximum atomic E-state index is 12.8. The summed E-state index contributed by atoms with van der Waals surface area (Å²) in [4.78, 5) is 26.6. The second-order valence-electron chi connectivity index (χ2n) is 6.59. The Morgan fingerprint density at radius 2 is 2.17 bits per heavy atom. The Kier molecular flexibility index (Phi) is 6.79. The van der Waals surface area contributed by atoms with E-state index in [0.717, 1.165) is 25.1 Å².